The first-order chi connectivity index (χ1) is 10.6. The summed E-state index contributed by atoms with van der Waals surface area (Å²) in [5.41, 5.74) is 2.21. The Kier molecular flexibility index (Phi) is 8.40. The number of guanidine groups is 1. The number of aryl methyl sites for hydroxylation is 1. The Balaban J connectivity index is 0.00000264. The zero-order chi connectivity index (χ0) is 15.9. The molecule has 2 aromatic heterocycles. The summed E-state index contributed by atoms with van der Waals surface area (Å²) in [5.74, 6) is 0.855. The van der Waals surface area contributed by atoms with E-state index in [0.29, 0.717) is 0 Å². The van der Waals surface area contributed by atoms with Crippen molar-refractivity contribution < 1.29 is 0 Å². The number of pyridine rings is 1. The summed E-state index contributed by atoms with van der Waals surface area (Å²) in [6.07, 6.45) is 4.58. The maximum absolute atomic E-state index is 6.02. The predicted molar refractivity (Wildman–Crippen MR) is 107 cm³/mol. The van der Waals surface area contributed by atoms with Gasteiger partial charge in [-0.25, -0.2) is 0 Å². The van der Waals surface area contributed by atoms with E-state index in [1.807, 2.05) is 55.3 Å². The van der Waals surface area contributed by atoms with Gasteiger partial charge >= 0.3 is 0 Å². The molecule has 1 N–H and O–H groups in total. The minimum absolute atomic E-state index is 0. The second kappa shape index (κ2) is 9.77. The van der Waals surface area contributed by atoms with Crippen LogP contribution in [-0.4, -0.2) is 41.1 Å². The fourth-order valence-corrected chi connectivity index (χ4v) is 2.55. The minimum atomic E-state index is 0. The lowest BCUT2D eigenvalue weighted by Gasteiger charge is -2.22. The van der Waals surface area contributed by atoms with Crippen LogP contribution in [0.3, 0.4) is 0 Å². The molecule has 0 aromatic carbocycles. The van der Waals surface area contributed by atoms with Crippen LogP contribution >= 0.6 is 35.6 Å². The van der Waals surface area contributed by atoms with Gasteiger partial charge in [0.05, 0.1) is 11.6 Å². The fraction of sp³-hybridized carbons (Fsp3) is 0.375. The Labute approximate surface area is 159 Å². The van der Waals surface area contributed by atoms with Gasteiger partial charge in [0.25, 0.3) is 0 Å². The number of rotatable bonds is 5. The quantitative estimate of drug-likeness (QED) is 0.435. The van der Waals surface area contributed by atoms with Gasteiger partial charge in [0.15, 0.2) is 5.96 Å². The lowest BCUT2D eigenvalue weighted by Crippen LogP contribution is -2.39. The van der Waals surface area contributed by atoms with Crippen LogP contribution in [0.5, 0.6) is 0 Å². The van der Waals surface area contributed by atoms with Crippen molar-refractivity contribution in [2.24, 2.45) is 12.0 Å². The summed E-state index contributed by atoms with van der Waals surface area (Å²) in [4.78, 5) is 10.7. The van der Waals surface area contributed by atoms with E-state index in [2.05, 4.69) is 20.2 Å². The second-order valence-electron chi connectivity index (χ2n) is 5.16. The molecule has 23 heavy (non-hydrogen) atoms. The van der Waals surface area contributed by atoms with E-state index in [4.69, 9.17) is 11.6 Å². The van der Waals surface area contributed by atoms with E-state index in [1.165, 1.54) is 0 Å². The van der Waals surface area contributed by atoms with Gasteiger partial charge in [0.2, 0.25) is 0 Å². The van der Waals surface area contributed by atoms with Gasteiger partial charge in [0, 0.05) is 57.9 Å². The Morgan fingerprint density at radius 3 is 2.78 bits per heavy atom. The standard InChI is InChI=1S/C16H22ClN5.HI/c1-18-16(20-9-7-14-6-4-5-8-19-14)22(3)12-15-10-13(17)11-21(15)2;/h4-6,8,10-11H,7,9,12H2,1-3H3,(H,18,20);1H. The van der Waals surface area contributed by atoms with Crippen molar-refractivity contribution in [3.63, 3.8) is 0 Å². The normalized spacial score (nSPS) is 11.0. The maximum Gasteiger partial charge on any atom is 0.193 e. The number of aliphatic imine (C=N–C) groups is 1. The average molecular weight is 448 g/mol. The van der Waals surface area contributed by atoms with Gasteiger partial charge in [-0.3, -0.25) is 9.98 Å². The third-order valence-electron chi connectivity index (χ3n) is 3.44. The largest absolute Gasteiger partial charge is 0.356 e. The van der Waals surface area contributed by atoms with Crippen molar-refractivity contribution in [1.82, 2.24) is 19.8 Å². The van der Waals surface area contributed by atoms with Crippen LogP contribution in [0.1, 0.15) is 11.4 Å². The van der Waals surface area contributed by atoms with Gasteiger partial charge < -0.3 is 14.8 Å². The number of halogens is 2. The molecule has 0 unspecified atom stereocenters. The van der Waals surface area contributed by atoms with E-state index in [9.17, 15) is 0 Å². The van der Waals surface area contributed by atoms with Crippen molar-refractivity contribution in [1.29, 1.82) is 0 Å². The van der Waals surface area contributed by atoms with Crippen molar-refractivity contribution in [3.8, 4) is 0 Å². The molecular formula is C16H23ClIN5. The third-order valence-corrected chi connectivity index (χ3v) is 3.64. The number of hydrogen-bond acceptors (Lipinski definition) is 2. The summed E-state index contributed by atoms with van der Waals surface area (Å²) in [6, 6.07) is 7.93. The van der Waals surface area contributed by atoms with Gasteiger partial charge in [-0.15, -0.1) is 24.0 Å². The molecule has 0 fully saturated rings. The first-order valence-electron chi connectivity index (χ1n) is 7.22. The van der Waals surface area contributed by atoms with Crippen LogP contribution < -0.4 is 5.32 Å². The fourth-order valence-electron chi connectivity index (χ4n) is 2.27. The Morgan fingerprint density at radius 1 is 1.43 bits per heavy atom. The molecule has 0 saturated carbocycles. The Morgan fingerprint density at radius 2 is 2.22 bits per heavy atom. The van der Waals surface area contributed by atoms with E-state index < -0.39 is 0 Å². The second-order valence-corrected chi connectivity index (χ2v) is 5.60. The highest BCUT2D eigenvalue weighted by molar-refractivity contribution is 14.0. The first-order valence-corrected chi connectivity index (χ1v) is 7.60. The highest BCUT2D eigenvalue weighted by Crippen LogP contribution is 2.14. The molecule has 0 aliphatic heterocycles. The van der Waals surface area contributed by atoms with Crippen LogP contribution in [0.25, 0.3) is 0 Å². The number of aromatic nitrogens is 2. The summed E-state index contributed by atoms with van der Waals surface area (Å²) in [6.45, 7) is 1.54. The first kappa shape index (κ1) is 19.8. The van der Waals surface area contributed by atoms with E-state index >= 15 is 0 Å². The smallest absolute Gasteiger partial charge is 0.193 e. The lowest BCUT2D eigenvalue weighted by atomic mass is 10.3. The average Bonchev–Trinajstić information content (AvgIpc) is 2.82. The maximum atomic E-state index is 6.02. The molecule has 0 atom stereocenters. The molecule has 0 bridgehead atoms. The number of hydrogen-bond donors (Lipinski definition) is 1. The zero-order valence-electron chi connectivity index (χ0n) is 13.7. The molecule has 5 nitrogen and oxygen atoms in total. The Hall–Kier alpha value is -1.28. The van der Waals surface area contributed by atoms with Gasteiger partial charge in [-0.1, -0.05) is 17.7 Å². The minimum Gasteiger partial charge on any atom is -0.356 e. The van der Waals surface area contributed by atoms with E-state index in [-0.39, 0.29) is 24.0 Å². The third kappa shape index (κ3) is 6.02. The molecule has 0 aliphatic rings. The summed E-state index contributed by atoms with van der Waals surface area (Å²) >= 11 is 6.02. The molecular weight excluding hydrogens is 425 g/mol. The molecule has 0 radical (unpaired) electrons. The van der Waals surface area contributed by atoms with Gasteiger partial charge in [-0.05, 0) is 18.2 Å². The molecule has 0 aliphatic carbocycles. The van der Waals surface area contributed by atoms with Crippen molar-refractivity contribution in [2.75, 3.05) is 20.6 Å². The van der Waals surface area contributed by atoms with Gasteiger partial charge in [-0.2, -0.15) is 0 Å². The SMILES string of the molecule is CN=C(NCCc1ccccn1)N(C)Cc1cc(Cl)cn1C.I. The zero-order valence-corrected chi connectivity index (χ0v) is 16.7. The molecule has 2 heterocycles. The van der Waals surface area contributed by atoms with Crippen LogP contribution in [0, 0.1) is 0 Å². The van der Waals surface area contributed by atoms with Crippen molar-refractivity contribution in [2.45, 2.75) is 13.0 Å². The van der Waals surface area contributed by atoms with E-state index in [0.717, 1.165) is 41.9 Å². The van der Waals surface area contributed by atoms with Crippen LogP contribution in [0.4, 0.5) is 0 Å². The molecule has 7 heteroatoms. The number of nitrogens with one attached hydrogen (secondary N) is 1. The van der Waals surface area contributed by atoms with Gasteiger partial charge in [0.1, 0.15) is 0 Å². The molecule has 2 rings (SSSR count). The Bertz CT molecular complexity index is 627. The highest BCUT2D eigenvalue weighted by atomic mass is 127. The molecule has 0 saturated heterocycles. The monoisotopic (exact) mass is 447 g/mol. The highest BCUT2D eigenvalue weighted by Gasteiger charge is 2.09. The van der Waals surface area contributed by atoms with Crippen molar-refractivity contribution in [3.05, 3.63) is 53.1 Å². The van der Waals surface area contributed by atoms with E-state index in [1.54, 1.807) is 7.05 Å². The summed E-state index contributed by atoms with van der Waals surface area (Å²) < 4.78 is 2.03. The van der Waals surface area contributed by atoms with Crippen LogP contribution in [0.15, 0.2) is 41.7 Å². The molecule has 126 valence electrons. The van der Waals surface area contributed by atoms with Crippen molar-refractivity contribution >= 4 is 41.5 Å². The topological polar surface area (TPSA) is 45.5 Å². The van der Waals surface area contributed by atoms with Crippen LogP contribution in [-0.2, 0) is 20.0 Å². The molecule has 0 spiro atoms. The molecule has 2 aromatic rings. The summed E-state index contributed by atoms with van der Waals surface area (Å²) in [5, 5.41) is 4.11. The summed E-state index contributed by atoms with van der Waals surface area (Å²) in [7, 11) is 5.79. The number of nitrogens with zero attached hydrogens (tertiary/aromatic N) is 4. The lowest BCUT2D eigenvalue weighted by molar-refractivity contribution is 0.462. The van der Waals surface area contributed by atoms with Crippen LogP contribution in [0.2, 0.25) is 5.02 Å². The molecule has 0 amide bonds. The predicted octanol–water partition coefficient (Wildman–Crippen LogP) is 2.94.